The van der Waals surface area contributed by atoms with Gasteiger partial charge in [-0.05, 0) is 47.7 Å². The highest BCUT2D eigenvalue weighted by molar-refractivity contribution is 7.13. The maximum absolute atomic E-state index is 13.7. The van der Waals surface area contributed by atoms with Gasteiger partial charge in [-0.2, -0.15) is 10.4 Å². The van der Waals surface area contributed by atoms with E-state index in [2.05, 4.69) is 11.0 Å². The molecule has 2 aromatic carbocycles. The number of amides is 1. The zero-order valence-corrected chi connectivity index (χ0v) is 19.6. The van der Waals surface area contributed by atoms with E-state index in [1.54, 1.807) is 16.0 Å². The van der Waals surface area contributed by atoms with Gasteiger partial charge in [0.05, 0.1) is 27.8 Å². The molecular weight excluding hydrogens is 442 g/mol. The molecule has 6 nitrogen and oxygen atoms in total. The largest absolute Gasteiger partial charge is 0.337 e. The molecule has 3 heterocycles. The van der Waals surface area contributed by atoms with Gasteiger partial charge in [0.15, 0.2) is 0 Å². The van der Waals surface area contributed by atoms with Gasteiger partial charge in [0.1, 0.15) is 5.69 Å². The lowest BCUT2D eigenvalue weighted by molar-refractivity contribution is 0.0762. The minimum Gasteiger partial charge on any atom is -0.337 e. The summed E-state index contributed by atoms with van der Waals surface area (Å²) in [5.41, 5.74) is 4.18. The van der Waals surface area contributed by atoms with E-state index >= 15 is 0 Å². The summed E-state index contributed by atoms with van der Waals surface area (Å²) in [4.78, 5) is 19.0. The molecule has 1 fully saturated rings. The number of carbonyl (C=O) groups is 1. The van der Waals surface area contributed by atoms with Gasteiger partial charge in [-0.15, -0.1) is 11.3 Å². The van der Waals surface area contributed by atoms with Crippen LogP contribution >= 0.6 is 11.3 Å². The number of thiophene rings is 1. The minimum atomic E-state index is 0.0332. The van der Waals surface area contributed by atoms with Gasteiger partial charge >= 0.3 is 0 Å². The summed E-state index contributed by atoms with van der Waals surface area (Å²) in [5.74, 6) is 0.0332. The first-order valence-electron chi connectivity index (χ1n) is 11.4. The van der Waals surface area contributed by atoms with Crippen molar-refractivity contribution in [2.24, 2.45) is 0 Å². The second kappa shape index (κ2) is 10.0. The van der Waals surface area contributed by atoms with Crippen LogP contribution < -0.4 is 0 Å². The third-order valence-electron chi connectivity index (χ3n) is 6.08. The van der Waals surface area contributed by atoms with E-state index in [0.29, 0.717) is 17.7 Å². The fraction of sp³-hybridized carbons (Fsp3) is 0.222. The molecule has 0 N–H and O–H groups in total. The van der Waals surface area contributed by atoms with Crippen molar-refractivity contribution in [2.45, 2.75) is 13.0 Å². The summed E-state index contributed by atoms with van der Waals surface area (Å²) in [6.45, 7) is 3.97. The fourth-order valence-electron chi connectivity index (χ4n) is 4.28. The molecule has 0 atom stereocenters. The van der Waals surface area contributed by atoms with Crippen LogP contribution in [0.2, 0.25) is 0 Å². The van der Waals surface area contributed by atoms with Gasteiger partial charge in [-0.1, -0.05) is 36.4 Å². The van der Waals surface area contributed by atoms with Crippen LogP contribution in [0.25, 0.3) is 16.3 Å². The van der Waals surface area contributed by atoms with Crippen molar-refractivity contribution in [1.82, 2.24) is 19.6 Å². The fourth-order valence-corrected chi connectivity index (χ4v) is 5.01. The summed E-state index contributed by atoms with van der Waals surface area (Å²) < 4.78 is 1.80. The molecule has 5 rings (SSSR count). The Balaban J connectivity index is 1.34. The molecule has 0 saturated carbocycles. The topological polar surface area (TPSA) is 65.2 Å². The lowest BCUT2D eigenvalue weighted by Crippen LogP contribution is -2.35. The second-order valence-corrected chi connectivity index (χ2v) is 9.33. The van der Waals surface area contributed by atoms with Crippen LogP contribution in [0.1, 0.15) is 27.9 Å². The number of para-hydroxylation sites is 1. The maximum atomic E-state index is 13.7. The van der Waals surface area contributed by atoms with E-state index in [1.165, 1.54) is 5.56 Å². The Morgan fingerprint density at radius 2 is 1.79 bits per heavy atom. The Morgan fingerprint density at radius 1 is 0.971 bits per heavy atom. The molecule has 34 heavy (non-hydrogen) atoms. The molecule has 2 aromatic heterocycles. The molecule has 7 heteroatoms. The highest BCUT2D eigenvalue weighted by Crippen LogP contribution is 2.29. The Labute approximate surface area is 203 Å². The summed E-state index contributed by atoms with van der Waals surface area (Å²) in [6.07, 6.45) is 2.79. The summed E-state index contributed by atoms with van der Waals surface area (Å²) in [5, 5.41) is 15.8. The molecule has 0 radical (unpaired) electrons. The molecule has 0 spiro atoms. The van der Waals surface area contributed by atoms with Crippen LogP contribution in [0, 0.1) is 11.3 Å². The minimum absolute atomic E-state index is 0.0332. The van der Waals surface area contributed by atoms with Crippen LogP contribution in [0.15, 0.2) is 78.3 Å². The van der Waals surface area contributed by atoms with E-state index in [0.717, 1.165) is 48.9 Å². The van der Waals surface area contributed by atoms with E-state index in [4.69, 9.17) is 10.4 Å². The summed E-state index contributed by atoms with van der Waals surface area (Å²) >= 11 is 1.60. The van der Waals surface area contributed by atoms with Crippen molar-refractivity contribution in [3.63, 3.8) is 0 Å². The zero-order valence-electron chi connectivity index (χ0n) is 18.8. The van der Waals surface area contributed by atoms with E-state index in [9.17, 15) is 4.79 Å². The molecule has 4 aromatic rings. The predicted molar refractivity (Wildman–Crippen MR) is 134 cm³/mol. The van der Waals surface area contributed by atoms with E-state index < -0.39 is 0 Å². The number of hydrogen-bond acceptors (Lipinski definition) is 5. The first-order chi connectivity index (χ1) is 16.7. The molecular formula is C27H25N5OS. The van der Waals surface area contributed by atoms with Crippen LogP contribution in [0.5, 0.6) is 0 Å². The van der Waals surface area contributed by atoms with Crippen molar-refractivity contribution in [2.75, 3.05) is 26.2 Å². The van der Waals surface area contributed by atoms with Crippen molar-refractivity contribution >= 4 is 17.2 Å². The Bertz CT molecular complexity index is 1290. The van der Waals surface area contributed by atoms with Gasteiger partial charge in [-0.25, -0.2) is 4.68 Å². The number of rotatable bonds is 5. The Kier molecular flexibility index (Phi) is 6.52. The second-order valence-electron chi connectivity index (χ2n) is 8.38. The first-order valence-corrected chi connectivity index (χ1v) is 12.3. The molecule has 0 aliphatic carbocycles. The molecule has 1 amide bonds. The molecule has 1 saturated heterocycles. The van der Waals surface area contributed by atoms with Crippen molar-refractivity contribution in [1.29, 1.82) is 5.26 Å². The van der Waals surface area contributed by atoms with Gasteiger partial charge in [0.2, 0.25) is 0 Å². The number of benzene rings is 2. The van der Waals surface area contributed by atoms with Gasteiger partial charge in [0.25, 0.3) is 5.91 Å². The number of nitrogens with zero attached hydrogens (tertiary/aromatic N) is 5. The normalized spacial score (nSPS) is 14.5. The predicted octanol–water partition coefficient (Wildman–Crippen LogP) is 4.82. The Hall–Kier alpha value is -3.73. The average molecular weight is 468 g/mol. The molecule has 1 aliphatic heterocycles. The highest BCUT2D eigenvalue weighted by Gasteiger charge is 2.26. The molecule has 1 aliphatic rings. The van der Waals surface area contributed by atoms with Gasteiger partial charge in [0, 0.05) is 38.9 Å². The van der Waals surface area contributed by atoms with Crippen molar-refractivity contribution in [3.05, 3.63) is 95.0 Å². The zero-order chi connectivity index (χ0) is 23.3. The SMILES string of the molecule is N#Cc1ccc(CN2CCCN(C(=O)c3cn(-c4ccccc4)nc3-c3cccs3)CC2)cc1. The third kappa shape index (κ3) is 4.79. The molecule has 0 bridgehead atoms. The van der Waals surface area contributed by atoms with E-state index in [1.807, 2.05) is 83.2 Å². The lowest BCUT2D eigenvalue weighted by atomic mass is 10.1. The Morgan fingerprint density at radius 3 is 2.53 bits per heavy atom. The average Bonchev–Trinajstić information content (AvgIpc) is 3.51. The number of hydrogen-bond donors (Lipinski definition) is 0. The monoisotopic (exact) mass is 467 g/mol. The number of nitriles is 1. The van der Waals surface area contributed by atoms with Crippen molar-refractivity contribution in [3.8, 4) is 22.3 Å². The van der Waals surface area contributed by atoms with Gasteiger partial charge in [-0.3, -0.25) is 9.69 Å². The van der Waals surface area contributed by atoms with Crippen LogP contribution in [-0.4, -0.2) is 51.7 Å². The summed E-state index contributed by atoms with van der Waals surface area (Å²) in [6, 6.07) is 23.8. The molecule has 0 unspecified atom stereocenters. The van der Waals surface area contributed by atoms with Crippen molar-refractivity contribution < 1.29 is 4.79 Å². The van der Waals surface area contributed by atoms with Crippen LogP contribution in [-0.2, 0) is 6.54 Å². The number of carbonyl (C=O) groups excluding carboxylic acids is 1. The first kappa shape index (κ1) is 22.1. The standard InChI is InChI=1S/C27H25N5OS/c28-18-21-9-11-22(12-10-21)19-30-13-5-14-31(16-15-30)27(33)24-20-32(23-6-2-1-3-7-23)29-26(24)25-8-4-17-34-25/h1-4,6-12,17,20H,5,13-16,19H2. The van der Waals surface area contributed by atoms with E-state index in [-0.39, 0.29) is 5.91 Å². The third-order valence-corrected chi connectivity index (χ3v) is 6.96. The molecule has 170 valence electrons. The summed E-state index contributed by atoms with van der Waals surface area (Å²) in [7, 11) is 0. The quantitative estimate of drug-likeness (QED) is 0.422. The van der Waals surface area contributed by atoms with Crippen LogP contribution in [0.3, 0.4) is 0 Å². The lowest BCUT2D eigenvalue weighted by Gasteiger charge is -2.22. The smallest absolute Gasteiger partial charge is 0.257 e. The number of aromatic nitrogens is 2. The van der Waals surface area contributed by atoms with Gasteiger partial charge < -0.3 is 4.90 Å². The maximum Gasteiger partial charge on any atom is 0.257 e. The van der Waals surface area contributed by atoms with Crippen LogP contribution in [0.4, 0.5) is 0 Å². The highest BCUT2D eigenvalue weighted by atomic mass is 32.1.